The van der Waals surface area contributed by atoms with E-state index in [9.17, 15) is 0 Å². The fourth-order valence-corrected chi connectivity index (χ4v) is 3.46. The van der Waals surface area contributed by atoms with Gasteiger partial charge in [-0.1, -0.05) is 54.6 Å². The van der Waals surface area contributed by atoms with Crippen LogP contribution >= 0.6 is 0 Å². The van der Waals surface area contributed by atoms with Crippen LogP contribution in [-0.2, 0) is 6.42 Å². The van der Waals surface area contributed by atoms with Gasteiger partial charge in [0.15, 0.2) is 0 Å². The van der Waals surface area contributed by atoms with Crippen LogP contribution in [-0.4, -0.2) is 17.5 Å². The number of piperidine rings is 1. The van der Waals surface area contributed by atoms with Crippen molar-refractivity contribution in [2.45, 2.75) is 45.1 Å². The van der Waals surface area contributed by atoms with Gasteiger partial charge in [-0.15, -0.1) is 0 Å². The Morgan fingerprint density at radius 2 is 1.78 bits per heavy atom. The molecule has 0 unspecified atom stereocenters. The highest BCUT2D eigenvalue weighted by molar-refractivity contribution is 5.52. The van der Waals surface area contributed by atoms with Gasteiger partial charge in [-0.05, 0) is 68.0 Å². The molecule has 1 atom stereocenters. The zero-order chi connectivity index (χ0) is 15.9. The summed E-state index contributed by atoms with van der Waals surface area (Å²) in [5, 5.41) is 0. The second-order valence-electron chi connectivity index (χ2n) is 6.58. The average molecular weight is 305 g/mol. The molecule has 1 aliphatic heterocycles. The minimum atomic E-state index is 0.684. The molecule has 120 valence electrons. The predicted octanol–water partition coefficient (Wildman–Crippen LogP) is 5.45. The van der Waals surface area contributed by atoms with E-state index < -0.39 is 0 Å². The van der Waals surface area contributed by atoms with Gasteiger partial charge in [0.05, 0.1) is 0 Å². The predicted molar refractivity (Wildman–Crippen MR) is 99.3 cm³/mol. The summed E-state index contributed by atoms with van der Waals surface area (Å²) < 4.78 is 0. The van der Waals surface area contributed by atoms with Crippen LogP contribution in [0.4, 0.5) is 0 Å². The van der Waals surface area contributed by atoms with E-state index in [1.165, 1.54) is 55.3 Å². The number of benzene rings is 2. The SMILES string of the molecule is Cc1ccccc1/C=C/N1CCCC[C@@H]1CCc1ccccc1. The molecule has 1 heteroatoms. The minimum absolute atomic E-state index is 0.684. The van der Waals surface area contributed by atoms with Gasteiger partial charge < -0.3 is 4.90 Å². The van der Waals surface area contributed by atoms with Crippen molar-refractivity contribution in [1.29, 1.82) is 0 Å². The molecule has 0 amide bonds. The third-order valence-corrected chi connectivity index (χ3v) is 4.92. The Bertz CT molecular complexity index is 629. The highest BCUT2D eigenvalue weighted by atomic mass is 15.1. The molecule has 1 fully saturated rings. The molecular formula is C22H27N. The summed E-state index contributed by atoms with van der Waals surface area (Å²) in [4.78, 5) is 2.57. The van der Waals surface area contributed by atoms with Crippen LogP contribution in [0.5, 0.6) is 0 Å². The van der Waals surface area contributed by atoms with E-state index in [-0.39, 0.29) is 0 Å². The molecule has 1 aliphatic rings. The maximum atomic E-state index is 2.57. The average Bonchev–Trinajstić information content (AvgIpc) is 2.61. The van der Waals surface area contributed by atoms with Crippen LogP contribution in [0.3, 0.4) is 0 Å². The molecule has 0 aliphatic carbocycles. The summed E-state index contributed by atoms with van der Waals surface area (Å²) in [6.45, 7) is 3.38. The molecule has 1 saturated heterocycles. The first-order valence-electron chi connectivity index (χ1n) is 8.86. The molecule has 0 saturated carbocycles. The largest absolute Gasteiger partial charge is 0.374 e. The fraction of sp³-hybridized carbons (Fsp3) is 0.364. The summed E-state index contributed by atoms with van der Waals surface area (Å²) in [7, 11) is 0. The van der Waals surface area contributed by atoms with Gasteiger partial charge >= 0.3 is 0 Å². The van der Waals surface area contributed by atoms with Crippen LogP contribution in [0.1, 0.15) is 42.4 Å². The molecule has 0 aromatic heterocycles. The van der Waals surface area contributed by atoms with Crippen molar-refractivity contribution < 1.29 is 0 Å². The standard InChI is InChI=1S/C22H27N/c1-19-9-5-6-12-21(19)16-18-23-17-8-7-13-22(23)15-14-20-10-3-2-4-11-20/h2-6,9-12,16,18,22H,7-8,13-15,17H2,1H3/b18-16+/t22-/m1/s1. The number of hydrogen-bond acceptors (Lipinski definition) is 1. The molecule has 1 nitrogen and oxygen atoms in total. The lowest BCUT2D eigenvalue weighted by Gasteiger charge is -2.35. The Hall–Kier alpha value is -2.02. The second kappa shape index (κ2) is 8.01. The van der Waals surface area contributed by atoms with Crippen molar-refractivity contribution >= 4 is 6.08 Å². The third-order valence-electron chi connectivity index (χ3n) is 4.92. The Balaban J connectivity index is 1.63. The van der Waals surface area contributed by atoms with Gasteiger partial charge in [0, 0.05) is 12.6 Å². The first-order valence-corrected chi connectivity index (χ1v) is 8.86. The molecule has 0 spiro atoms. The van der Waals surface area contributed by atoms with Gasteiger partial charge in [0.2, 0.25) is 0 Å². The number of aryl methyl sites for hydroxylation is 2. The van der Waals surface area contributed by atoms with Gasteiger partial charge in [0.1, 0.15) is 0 Å². The number of nitrogens with zero attached hydrogens (tertiary/aromatic N) is 1. The van der Waals surface area contributed by atoms with Crippen molar-refractivity contribution in [1.82, 2.24) is 4.90 Å². The molecule has 0 N–H and O–H groups in total. The van der Waals surface area contributed by atoms with Gasteiger partial charge in [-0.2, -0.15) is 0 Å². The van der Waals surface area contributed by atoms with Gasteiger partial charge in [-0.3, -0.25) is 0 Å². The highest BCUT2D eigenvalue weighted by Gasteiger charge is 2.19. The normalized spacial score (nSPS) is 18.5. The minimum Gasteiger partial charge on any atom is -0.374 e. The molecule has 2 aromatic rings. The van der Waals surface area contributed by atoms with Gasteiger partial charge in [-0.25, -0.2) is 0 Å². The fourth-order valence-electron chi connectivity index (χ4n) is 3.46. The Morgan fingerprint density at radius 1 is 1.00 bits per heavy atom. The van der Waals surface area contributed by atoms with Crippen LogP contribution in [0.15, 0.2) is 60.8 Å². The van der Waals surface area contributed by atoms with E-state index in [0.717, 1.165) is 0 Å². The van der Waals surface area contributed by atoms with Crippen molar-refractivity contribution in [3.63, 3.8) is 0 Å². The first-order chi connectivity index (χ1) is 11.3. The Morgan fingerprint density at radius 3 is 2.61 bits per heavy atom. The van der Waals surface area contributed by atoms with Crippen LogP contribution < -0.4 is 0 Å². The molecular weight excluding hydrogens is 278 g/mol. The molecule has 0 radical (unpaired) electrons. The van der Waals surface area contributed by atoms with E-state index in [2.05, 4.69) is 78.7 Å². The zero-order valence-electron chi connectivity index (χ0n) is 14.1. The van der Waals surface area contributed by atoms with Crippen molar-refractivity contribution in [3.8, 4) is 0 Å². The Labute approximate surface area is 140 Å². The lowest BCUT2D eigenvalue weighted by Crippen LogP contribution is -2.35. The lowest BCUT2D eigenvalue weighted by atomic mass is 9.96. The summed E-state index contributed by atoms with van der Waals surface area (Å²) in [5.41, 5.74) is 4.14. The maximum Gasteiger partial charge on any atom is 0.0287 e. The van der Waals surface area contributed by atoms with E-state index in [4.69, 9.17) is 0 Å². The van der Waals surface area contributed by atoms with E-state index in [1.54, 1.807) is 0 Å². The number of rotatable bonds is 5. The van der Waals surface area contributed by atoms with E-state index in [0.29, 0.717) is 6.04 Å². The first kappa shape index (κ1) is 15.9. The Kier molecular flexibility index (Phi) is 5.52. The zero-order valence-corrected chi connectivity index (χ0v) is 14.1. The third kappa shape index (κ3) is 4.48. The summed E-state index contributed by atoms with van der Waals surface area (Å²) in [5.74, 6) is 0. The van der Waals surface area contributed by atoms with Crippen LogP contribution in [0, 0.1) is 6.92 Å². The maximum absolute atomic E-state index is 2.57. The smallest absolute Gasteiger partial charge is 0.0287 e. The van der Waals surface area contributed by atoms with Crippen molar-refractivity contribution in [2.75, 3.05) is 6.54 Å². The monoisotopic (exact) mass is 305 g/mol. The second-order valence-corrected chi connectivity index (χ2v) is 6.58. The molecule has 23 heavy (non-hydrogen) atoms. The quantitative estimate of drug-likeness (QED) is 0.709. The molecule has 2 aromatic carbocycles. The summed E-state index contributed by atoms with van der Waals surface area (Å²) in [6.07, 6.45) is 11.1. The van der Waals surface area contributed by atoms with E-state index >= 15 is 0 Å². The summed E-state index contributed by atoms with van der Waals surface area (Å²) in [6, 6.07) is 20.2. The highest BCUT2D eigenvalue weighted by Crippen LogP contribution is 2.22. The lowest BCUT2D eigenvalue weighted by molar-refractivity contribution is 0.204. The van der Waals surface area contributed by atoms with Crippen LogP contribution in [0.2, 0.25) is 0 Å². The van der Waals surface area contributed by atoms with E-state index in [1.807, 2.05) is 0 Å². The van der Waals surface area contributed by atoms with Crippen molar-refractivity contribution in [3.05, 3.63) is 77.5 Å². The topological polar surface area (TPSA) is 3.24 Å². The molecule has 3 rings (SSSR count). The summed E-state index contributed by atoms with van der Waals surface area (Å²) >= 11 is 0. The number of likely N-dealkylation sites (tertiary alicyclic amines) is 1. The number of hydrogen-bond donors (Lipinski definition) is 0. The molecule has 0 bridgehead atoms. The van der Waals surface area contributed by atoms with Gasteiger partial charge in [0.25, 0.3) is 0 Å². The molecule has 1 heterocycles. The van der Waals surface area contributed by atoms with Crippen LogP contribution in [0.25, 0.3) is 6.08 Å². The van der Waals surface area contributed by atoms with Crippen molar-refractivity contribution in [2.24, 2.45) is 0 Å².